The van der Waals surface area contributed by atoms with Crippen LogP contribution in [0.1, 0.15) is 10.6 Å². The number of para-hydroxylation sites is 1. The summed E-state index contributed by atoms with van der Waals surface area (Å²) in [6.07, 6.45) is 0. The number of alkyl halides is 1. The van der Waals surface area contributed by atoms with Gasteiger partial charge in [-0.25, -0.2) is 0 Å². The quantitative estimate of drug-likeness (QED) is 0.560. The van der Waals surface area contributed by atoms with Crippen molar-refractivity contribution in [3.05, 3.63) is 56.8 Å². The van der Waals surface area contributed by atoms with Crippen LogP contribution in [0.25, 0.3) is 10.9 Å². The van der Waals surface area contributed by atoms with Gasteiger partial charge in [0.25, 0.3) is 0 Å². The predicted octanol–water partition coefficient (Wildman–Crippen LogP) is 5.43. The molecule has 0 aliphatic carbocycles. The third kappa shape index (κ3) is 3.23. The zero-order valence-electron chi connectivity index (χ0n) is 11.5. The number of hydrogen-bond acceptors (Lipinski definition) is 3. The van der Waals surface area contributed by atoms with Gasteiger partial charge < -0.3 is 4.90 Å². The van der Waals surface area contributed by atoms with Crippen LogP contribution in [0.3, 0.4) is 0 Å². The smallest absolute Gasteiger partial charge is 0.0726 e. The summed E-state index contributed by atoms with van der Waals surface area (Å²) in [5.74, 6) is 0.427. The lowest BCUT2D eigenvalue weighted by molar-refractivity contribution is 0.941. The molecule has 3 rings (SSSR count). The van der Waals surface area contributed by atoms with Gasteiger partial charge in [0.2, 0.25) is 0 Å². The van der Waals surface area contributed by atoms with Crippen LogP contribution in [0.15, 0.2) is 46.3 Å². The van der Waals surface area contributed by atoms with Crippen molar-refractivity contribution < 1.29 is 0 Å². The summed E-state index contributed by atoms with van der Waals surface area (Å²) in [4.78, 5) is 8.15. The largest absolute Gasteiger partial charge is 0.369 e. The molecular formula is C16H14BrClN2S. The van der Waals surface area contributed by atoms with Crippen LogP contribution in [-0.2, 0) is 12.4 Å². The van der Waals surface area contributed by atoms with Crippen molar-refractivity contribution in [3.63, 3.8) is 0 Å². The molecule has 0 N–H and O–H groups in total. The van der Waals surface area contributed by atoms with Crippen LogP contribution >= 0.6 is 38.9 Å². The Labute approximate surface area is 141 Å². The molecule has 2 nitrogen and oxygen atoms in total. The average molecular weight is 382 g/mol. The van der Waals surface area contributed by atoms with E-state index in [0.717, 1.165) is 27.6 Å². The first-order chi connectivity index (χ1) is 10.2. The minimum absolute atomic E-state index is 0.427. The van der Waals surface area contributed by atoms with E-state index in [2.05, 4.69) is 56.4 Å². The lowest BCUT2D eigenvalue weighted by Crippen LogP contribution is -2.16. The molecule has 0 saturated heterocycles. The van der Waals surface area contributed by atoms with Crippen LogP contribution in [0, 0.1) is 0 Å². The second kappa shape index (κ2) is 6.34. The molecule has 0 saturated carbocycles. The van der Waals surface area contributed by atoms with Crippen molar-refractivity contribution in [2.75, 3.05) is 11.9 Å². The number of fused-ring (bicyclic) bond motifs is 1. The van der Waals surface area contributed by atoms with E-state index in [0.29, 0.717) is 5.88 Å². The van der Waals surface area contributed by atoms with Crippen LogP contribution in [-0.4, -0.2) is 12.0 Å². The van der Waals surface area contributed by atoms with Crippen molar-refractivity contribution in [1.29, 1.82) is 0 Å². The molecule has 0 spiro atoms. The summed E-state index contributed by atoms with van der Waals surface area (Å²) in [6.45, 7) is 0.867. The summed E-state index contributed by atoms with van der Waals surface area (Å²) < 4.78 is 1.14. The van der Waals surface area contributed by atoms with E-state index in [-0.39, 0.29) is 0 Å². The fourth-order valence-electron chi connectivity index (χ4n) is 2.35. The Morgan fingerprint density at radius 3 is 2.81 bits per heavy atom. The first-order valence-electron chi connectivity index (χ1n) is 6.56. The third-order valence-electron chi connectivity index (χ3n) is 3.31. The molecule has 3 aromatic rings. The van der Waals surface area contributed by atoms with Crippen molar-refractivity contribution in [2.45, 2.75) is 12.4 Å². The van der Waals surface area contributed by atoms with Gasteiger partial charge in [-0.05, 0) is 34.1 Å². The molecule has 0 aliphatic rings. The zero-order valence-corrected chi connectivity index (χ0v) is 14.7. The fraction of sp³-hybridized carbons (Fsp3) is 0.188. The lowest BCUT2D eigenvalue weighted by Gasteiger charge is -2.21. The number of benzene rings is 1. The molecule has 21 heavy (non-hydrogen) atoms. The van der Waals surface area contributed by atoms with Crippen molar-refractivity contribution in [3.8, 4) is 0 Å². The maximum atomic E-state index is 5.98. The maximum absolute atomic E-state index is 5.98. The standard InChI is InChI=1S/C16H14BrClN2S/c1-20(9-13-6-11(17)10-21-13)16-7-12(8-18)19-15-5-3-2-4-14(15)16/h2-7,10H,8-9H2,1H3. The molecule has 1 aromatic carbocycles. The van der Waals surface area contributed by atoms with Gasteiger partial charge in [0.15, 0.2) is 0 Å². The number of aromatic nitrogens is 1. The molecule has 0 amide bonds. The molecule has 0 aliphatic heterocycles. The second-order valence-electron chi connectivity index (χ2n) is 4.87. The molecule has 2 aromatic heterocycles. The number of hydrogen-bond donors (Lipinski definition) is 0. The SMILES string of the molecule is CN(Cc1cc(Br)cs1)c1cc(CCl)nc2ccccc12. The Morgan fingerprint density at radius 2 is 2.10 bits per heavy atom. The number of thiophene rings is 1. The maximum Gasteiger partial charge on any atom is 0.0726 e. The third-order valence-corrected chi connectivity index (χ3v) is 5.27. The van der Waals surface area contributed by atoms with Gasteiger partial charge in [-0.2, -0.15) is 0 Å². The van der Waals surface area contributed by atoms with Gasteiger partial charge in [-0.1, -0.05) is 18.2 Å². The number of rotatable bonds is 4. The van der Waals surface area contributed by atoms with Gasteiger partial charge in [-0.3, -0.25) is 4.98 Å². The molecule has 0 unspecified atom stereocenters. The molecule has 0 radical (unpaired) electrons. The van der Waals surface area contributed by atoms with E-state index in [4.69, 9.17) is 11.6 Å². The number of halogens is 2. The predicted molar refractivity (Wildman–Crippen MR) is 95.4 cm³/mol. The number of nitrogens with zero attached hydrogens (tertiary/aromatic N) is 2. The molecule has 0 fully saturated rings. The van der Waals surface area contributed by atoms with E-state index in [1.54, 1.807) is 11.3 Å². The van der Waals surface area contributed by atoms with Crippen molar-refractivity contribution in [2.24, 2.45) is 0 Å². The number of anilines is 1. The topological polar surface area (TPSA) is 16.1 Å². The van der Waals surface area contributed by atoms with Crippen LogP contribution in [0.4, 0.5) is 5.69 Å². The normalized spacial score (nSPS) is 11.0. The van der Waals surface area contributed by atoms with Gasteiger partial charge >= 0.3 is 0 Å². The molecule has 5 heteroatoms. The molecule has 108 valence electrons. The van der Waals surface area contributed by atoms with Gasteiger partial charge in [0.1, 0.15) is 0 Å². The highest BCUT2D eigenvalue weighted by atomic mass is 79.9. The second-order valence-corrected chi connectivity index (χ2v) is 7.05. The minimum Gasteiger partial charge on any atom is -0.369 e. The van der Waals surface area contributed by atoms with Gasteiger partial charge in [-0.15, -0.1) is 22.9 Å². The van der Waals surface area contributed by atoms with Crippen LogP contribution < -0.4 is 4.90 Å². The first kappa shape index (κ1) is 14.8. The Kier molecular flexibility index (Phi) is 4.48. The monoisotopic (exact) mass is 380 g/mol. The van der Waals surface area contributed by atoms with E-state index < -0.39 is 0 Å². The Morgan fingerprint density at radius 1 is 1.29 bits per heavy atom. The van der Waals surface area contributed by atoms with Gasteiger partial charge in [0, 0.05) is 32.9 Å². The Bertz CT molecular complexity index is 772. The van der Waals surface area contributed by atoms with E-state index >= 15 is 0 Å². The van der Waals surface area contributed by atoms with E-state index in [9.17, 15) is 0 Å². The highest BCUT2D eigenvalue weighted by molar-refractivity contribution is 9.10. The molecule has 0 atom stereocenters. The highest BCUT2D eigenvalue weighted by Gasteiger charge is 2.10. The Balaban J connectivity index is 2.01. The molecule has 0 bridgehead atoms. The van der Waals surface area contributed by atoms with Crippen LogP contribution in [0.2, 0.25) is 0 Å². The zero-order chi connectivity index (χ0) is 14.8. The summed E-state index contributed by atoms with van der Waals surface area (Å²) in [5.41, 5.74) is 3.07. The fourth-order valence-corrected chi connectivity index (χ4v) is 3.99. The Hall–Kier alpha value is -1.10. The van der Waals surface area contributed by atoms with Crippen LogP contribution in [0.5, 0.6) is 0 Å². The van der Waals surface area contributed by atoms with Gasteiger partial charge in [0.05, 0.1) is 23.6 Å². The van der Waals surface area contributed by atoms with E-state index in [1.165, 1.54) is 10.6 Å². The highest BCUT2D eigenvalue weighted by Crippen LogP contribution is 2.29. The molecule has 2 heterocycles. The van der Waals surface area contributed by atoms with Crippen molar-refractivity contribution >= 4 is 55.5 Å². The summed E-state index contributed by atoms with van der Waals surface area (Å²) in [7, 11) is 2.10. The first-order valence-corrected chi connectivity index (χ1v) is 8.77. The van der Waals surface area contributed by atoms with E-state index in [1.807, 2.05) is 18.2 Å². The summed E-state index contributed by atoms with van der Waals surface area (Å²) >= 11 is 11.2. The van der Waals surface area contributed by atoms with Crippen molar-refractivity contribution in [1.82, 2.24) is 4.98 Å². The summed E-state index contributed by atoms with van der Waals surface area (Å²) in [5, 5.41) is 3.27. The lowest BCUT2D eigenvalue weighted by atomic mass is 10.1. The molecular weight excluding hydrogens is 368 g/mol. The average Bonchev–Trinajstić information content (AvgIpc) is 2.91. The summed E-state index contributed by atoms with van der Waals surface area (Å²) in [6, 6.07) is 12.4. The number of pyridine rings is 1. The minimum atomic E-state index is 0.427.